The average molecular weight is 254 g/mol. The van der Waals surface area contributed by atoms with Crippen molar-refractivity contribution in [2.45, 2.75) is 25.3 Å². The molecule has 0 aliphatic carbocycles. The largest absolute Gasteiger partial charge is 0.348 e. The smallest absolute Gasteiger partial charge is 0.251 e. The van der Waals surface area contributed by atoms with Gasteiger partial charge in [0.25, 0.3) is 5.91 Å². The van der Waals surface area contributed by atoms with E-state index in [0.29, 0.717) is 6.54 Å². The molecule has 0 aromatic heterocycles. The quantitative estimate of drug-likeness (QED) is 0.845. The van der Waals surface area contributed by atoms with Crippen molar-refractivity contribution in [2.24, 2.45) is 0 Å². The Bertz CT molecular complexity index is 409. The Morgan fingerprint density at radius 1 is 1.22 bits per heavy atom. The van der Waals surface area contributed by atoms with Gasteiger partial charge in [0.15, 0.2) is 0 Å². The van der Waals surface area contributed by atoms with E-state index in [1.165, 1.54) is 0 Å². The van der Waals surface area contributed by atoms with Crippen molar-refractivity contribution in [3.05, 3.63) is 35.4 Å². The van der Waals surface area contributed by atoms with Gasteiger partial charge in [-0.3, -0.25) is 4.79 Å². The summed E-state index contributed by atoms with van der Waals surface area (Å²) in [6.45, 7) is 1.64. The van der Waals surface area contributed by atoms with Gasteiger partial charge in [0.1, 0.15) is 11.6 Å². The van der Waals surface area contributed by atoms with Crippen molar-refractivity contribution in [1.29, 1.82) is 0 Å². The Labute approximate surface area is 105 Å². The molecule has 0 radical (unpaired) electrons. The maximum Gasteiger partial charge on any atom is 0.251 e. The SMILES string of the molecule is O=C(NC1CCCCNC1)c1cc(F)cc(F)c1. The monoisotopic (exact) mass is 254 g/mol. The van der Waals surface area contributed by atoms with Crippen LogP contribution in [0.5, 0.6) is 0 Å². The highest BCUT2D eigenvalue weighted by atomic mass is 19.1. The van der Waals surface area contributed by atoms with E-state index in [1.807, 2.05) is 0 Å². The molecule has 1 aliphatic rings. The summed E-state index contributed by atoms with van der Waals surface area (Å²) in [5.74, 6) is -1.90. The number of carbonyl (C=O) groups excluding carboxylic acids is 1. The molecule has 1 aliphatic heterocycles. The molecule has 1 heterocycles. The van der Waals surface area contributed by atoms with E-state index in [0.717, 1.165) is 44.0 Å². The molecule has 5 heteroatoms. The van der Waals surface area contributed by atoms with Crippen LogP contribution in [0.1, 0.15) is 29.6 Å². The maximum atomic E-state index is 13.0. The molecule has 1 atom stereocenters. The zero-order chi connectivity index (χ0) is 13.0. The minimum Gasteiger partial charge on any atom is -0.348 e. The van der Waals surface area contributed by atoms with Crippen LogP contribution in [0.15, 0.2) is 18.2 Å². The molecule has 3 nitrogen and oxygen atoms in total. The number of amides is 1. The minimum absolute atomic E-state index is 0.0197. The van der Waals surface area contributed by atoms with Gasteiger partial charge in [-0.25, -0.2) is 8.78 Å². The van der Waals surface area contributed by atoms with Crippen LogP contribution in [0.25, 0.3) is 0 Å². The highest BCUT2D eigenvalue weighted by Gasteiger charge is 2.16. The second-order valence-corrected chi connectivity index (χ2v) is 4.53. The molecule has 1 fully saturated rings. The molecule has 18 heavy (non-hydrogen) atoms. The molecule has 1 amide bonds. The van der Waals surface area contributed by atoms with E-state index in [1.54, 1.807) is 0 Å². The van der Waals surface area contributed by atoms with Crippen LogP contribution >= 0.6 is 0 Å². The van der Waals surface area contributed by atoms with E-state index in [9.17, 15) is 13.6 Å². The fourth-order valence-electron chi connectivity index (χ4n) is 2.10. The van der Waals surface area contributed by atoms with Gasteiger partial charge in [0, 0.05) is 24.2 Å². The number of benzene rings is 1. The van der Waals surface area contributed by atoms with Gasteiger partial charge in [0.05, 0.1) is 0 Å². The summed E-state index contributed by atoms with van der Waals surface area (Å²) >= 11 is 0. The van der Waals surface area contributed by atoms with Gasteiger partial charge in [-0.15, -0.1) is 0 Å². The standard InChI is InChI=1S/C13H16F2N2O/c14-10-5-9(6-11(15)7-10)13(18)17-12-3-1-2-4-16-8-12/h5-7,12,16H,1-4,8H2,(H,17,18). The fourth-order valence-corrected chi connectivity index (χ4v) is 2.10. The summed E-state index contributed by atoms with van der Waals surface area (Å²) in [6, 6.07) is 2.86. The maximum absolute atomic E-state index is 13.0. The van der Waals surface area contributed by atoms with Gasteiger partial charge in [-0.2, -0.15) is 0 Å². The summed E-state index contributed by atoms with van der Waals surface area (Å²) in [5.41, 5.74) is 0.0248. The summed E-state index contributed by atoms with van der Waals surface area (Å²) < 4.78 is 26.0. The third-order valence-electron chi connectivity index (χ3n) is 3.01. The second kappa shape index (κ2) is 5.91. The molecule has 1 aromatic carbocycles. The summed E-state index contributed by atoms with van der Waals surface area (Å²) in [7, 11) is 0. The Morgan fingerprint density at radius 2 is 1.94 bits per heavy atom. The van der Waals surface area contributed by atoms with Gasteiger partial charge in [-0.05, 0) is 31.5 Å². The number of rotatable bonds is 2. The molecule has 1 saturated heterocycles. The molecule has 1 aromatic rings. The molecule has 0 spiro atoms. The molecule has 98 valence electrons. The van der Waals surface area contributed by atoms with E-state index in [2.05, 4.69) is 10.6 Å². The molecule has 0 bridgehead atoms. The van der Waals surface area contributed by atoms with Crippen LogP contribution < -0.4 is 10.6 Å². The van der Waals surface area contributed by atoms with Crippen LogP contribution in [0, 0.1) is 11.6 Å². The van der Waals surface area contributed by atoms with E-state index in [4.69, 9.17) is 0 Å². The first-order chi connectivity index (χ1) is 8.65. The van der Waals surface area contributed by atoms with Crippen molar-refractivity contribution in [3.8, 4) is 0 Å². The minimum atomic E-state index is -0.737. The van der Waals surface area contributed by atoms with E-state index < -0.39 is 17.5 Å². The van der Waals surface area contributed by atoms with Crippen molar-refractivity contribution in [2.75, 3.05) is 13.1 Å². The predicted octanol–water partition coefficient (Wildman–Crippen LogP) is 1.84. The number of carbonyl (C=O) groups is 1. The van der Waals surface area contributed by atoms with E-state index >= 15 is 0 Å². The van der Waals surface area contributed by atoms with Gasteiger partial charge >= 0.3 is 0 Å². The Hall–Kier alpha value is -1.49. The molecular formula is C13H16F2N2O. The number of hydrogen-bond donors (Lipinski definition) is 2. The van der Waals surface area contributed by atoms with Crippen molar-refractivity contribution >= 4 is 5.91 Å². The molecule has 1 unspecified atom stereocenters. The van der Waals surface area contributed by atoms with Crippen molar-refractivity contribution in [3.63, 3.8) is 0 Å². The Kier molecular flexibility index (Phi) is 4.25. The first-order valence-electron chi connectivity index (χ1n) is 6.13. The second-order valence-electron chi connectivity index (χ2n) is 4.53. The lowest BCUT2D eigenvalue weighted by molar-refractivity contribution is 0.0934. The normalized spacial score (nSPS) is 20.2. The van der Waals surface area contributed by atoms with Crippen LogP contribution in [0.2, 0.25) is 0 Å². The first-order valence-corrected chi connectivity index (χ1v) is 6.13. The topological polar surface area (TPSA) is 41.1 Å². The zero-order valence-electron chi connectivity index (χ0n) is 10.0. The number of nitrogens with one attached hydrogen (secondary N) is 2. The van der Waals surface area contributed by atoms with Gasteiger partial charge in [0.2, 0.25) is 0 Å². The lowest BCUT2D eigenvalue weighted by Gasteiger charge is -2.16. The third-order valence-corrected chi connectivity index (χ3v) is 3.01. The Morgan fingerprint density at radius 3 is 2.67 bits per heavy atom. The van der Waals surface area contributed by atoms with Crippen LogP contribution in [-0.2, 0) is 0 Å². The number of hydrogen-bond acceptors (Lipinski definition) is 2. The first kappa shape index (κ1) is 13.0. The Balaban J connectivity index is 2.01. The van der Waals surface area contributed by atoms with Crippen LogP contribution in [-0.4, -0.2) is 25.0 Å². The zero-order valence-corrected chi connectivity index (χ0v) is 10.0. The molecular weight excluding hydrogens is 238 g/mol. The van der Waals surface area contributed by atoms with Crippen molar-refractivity contribution in [1.82, 2.24) is 10.6 Å². The molecule has 2 N–H and O–H groups in total. The highest BCUT2D eigenvalue weighted by Crippen LogP contribution is 2.09. The fraction of sp³-hybridized carbons (Fsp3) is 0.462. The summed E-state index contributed by atoms with van der Waals surface area (Å²) in [4.78, 5) is 11.9. The van der Waals surface area contributed by atoms with Crippen LogP contribution in [0.3, 0.4) is 0 Å². The lowest BCUT2D eigenvalue weighted by atomic mass is 10.1. The van der Waals surface area contributed by atoms with E-state index in [-0.39, 0.29) is 11.6 Å². The van der Waals surface area contributed by atoms with Gasteiger partial charge < -0.3 is 10.6 Å². The molecule has 0 saturated carbocycles. The summed E-state index contributed by atoms with van der Waals surface area (Å²) in [5, 5.41) is 6.01. The van der Waals surface area contributed by atoms with Gasteiger partial charge in [-0.1, -0.05) is 6.42 Å². The highest BCUT2D eigenvalue weighted by molar-refractivity contribution is 5.94. The average Bonchev–Trinajstić information content (AvgIpc) is 2.56. The lowest BCUT2D eigenvalue weighted by Crippen LogP contribution is -2.40. The van der Waals surface area contributed by atoms with Crippen molar-refractivity contribution < 1.29 is 13.6 Å². The molecule has 2 rings (SSSR count). The summed E-state index contributed by atoms with van der Waals surface area (Å²) in [6.07, 6.45) is 3.01. The van der Waals surface area contributed by atoms with Crippen LogP contribution in [0.4, 0.5) is 8.78 Å². The predicted molar refractivity (Wildman–Crippen MR) is 64.3 cm³/mol. The number of halogens is 2. The third kappa shape index (κ3) is 3.50.